The Balaban J connectivity index is 1.72. The molecule has 0 aliphatic rings. The molecule has 0 aliphatic carbocycles. The largest absolute Gasteiger partial charge is 0.465 e. The highest BCUT2D eigenvalue weighted by Gasteiger charge is 2.15. The average Bonchev–Trinajstić information content (AvgIpc) is 3.28. The molecule has 0 radical (unpaired) electrons. The summed E-state index contributed by atoms with van der Waals surface area (Å²) in [6.45, 7) is 2.80. The molecule has 0 aliphatic heterocycles. The number of hydrogen-bond acceptors (Lipinski definition) is 6. The van der Waals surface area contributed by atoms with Crippen molar-refractivity contribution in [2.45, 2.75) is 24.4 Å². The van der Waals surface area contributed by atoms with Crippen LogP contribution in [0, 0.1) is 0 Å². The van der Waals surface area contributed by atoms with Gasteiger partial charge in [0.2, 0.25) is 0 Å². The lowest BCUT2D eigenvalue weighted by Gasteiger charge is -2.06. The van der Waals surface area contributed by atoms with Crippen LogP contribution < -0.4 is 0 Å². The van der Waals surface area contributed by atoms with Gasteiger partial charge in [0.15, 0.2) is 16.7 Å². The number of carbonyl (C=O) groups excluding carboxylic acids is 1. The zero-order chi connectivity index (χ0) is 16.9. The summed E-state index contributed by atoms with van der Waals surface area (Å²) < 4.78 is 12.1. The Morgan fingerprint density at radius 2 is 2.04 bits per heavy atom. The highest BCUT2D eigenvalue weighted by Crippen LogP contribution is 2.26. The van der Waals surface area contributed by atoms with Gasteiger partial charge in [-0.1, -0.05) is 23.9 Å². The van der Waals surface area contributed by atoms with Crippen LogP contribution in [0.25, 0.3) is 11.6 Å². The van der Waals surface area contributed by atoms with Crippen LogP contribution in [-0.2, 0) is 17.0 Å². The monoisotopic (exact) mass is 343 g/mol. The van der Waals surface area contributed by atoms with E-state index in [-0.39, 0.29) is 5.97 Å². The Hall–Kier alpha value is -2.54. The van der Waals surface area contributed by atoms with Gasteiger partial charge in [0.05, 0.1) is 18.9 Å². The highest BCUT2D eigenvalue weighted by molar-refractivity contribution is 7.98. The van der Waals surface area contributed by atoms with Crippen molar-refractivity contribution in [3.05, 3.63) is 53.8 Å². The molecule has 2 aromatic heterocycles. The molecule has 0 N–H and O–H groups in total. The summed E-state index contributed by atoms with van der Waals surface area (Å²) in [4.78, 5) is 11.4. The molecule has 124 valence electrons. The van der Waals surface area contributed by atoms with E-state index in [1.165, 1.54) is 7.11 Å². The van der Waals surface area contributed by atoms with Crippen molar-refractivity contribution in [3.63, 3.8) is 0 Å². The second-order valence-corrected chi connectivity index (χ2v) is 5.95. The van der Waals surface area contributed by atoms with Crippen molar-refractivity contribution in [2.75, 3.05) is 7.11 Å². The van der Waals surface area contributed by atoms with Crippen molar-refractivity contribution < 1.29 is 13.9 Å². The molecule has 3 aromatic rings. The topological polar surface area (TPSA) is 70.2 Å². The Bertz CT molecular complexity index is 810. The number of furan rings is 1. The van der Waals surface area contributed by atoms with Gasteiger partial charge in [0.1, 0.15) is 0 Å². The molecule has 0 amide bonds. The van der Waals surface area contributed by atoms with Crippen molar-refractivity contribution in [2.24, 2.45) is 0 Å². The number of benzene rings is 1. The molecule has 24 heavy (non-hydrogen) atoms. The fourth-order valence-electron chi connectivity index (χ4n) is 2.27. The van der Waals surface area contributed by atoms with E-state index in [0.29, 0.717) is 11.3 Å². The summed E-state index contributed by atoms with van der Waals surface area (Å²) >= 11 is 1.59. The van der Waals surface area contributed by atoms with Crippen molar-refractivity contribution in [1.82, 2.24) is 14.8 Å². The molecule has 3 rings (SSSR count). The Morgan fingerprint density at radius 1 is 1.25 bits per heavy atom. The first-order valence-electron chi connectivity index (χ1n) is 7.50. The average molecular weight is 343 g/mol. The van der Waals surface area contributed by atoms with E-state index in [1.807, 2.05) is 35.8 Å². The zero-order valence-electron chi connectivity index (χ0n) is 13.4. The Labute approximate surface area is 143 Å². The number of thioether (sulfide) groups is 1. The number of carbonyl (C=O) groups is 1. The molecular weight excluding hydrogens is 326 g/mol. The molecule has 0 atom stereocenters. The summed E-state index contributed by atoms with van der Waals surface area (Å²) in [6.07, 6.45) is 1.62. The number of ether oxygens (including phenoxy) is 1. The number of esters is 1. The first kappa shape index (κ1) is 16.3. The maximum Gasteiger partial charge on any atom is 0.337 e. The molecule has 2 heterocycles. The van der Waals surface area contributed by atoms with Crippen LogP contribution in [0.5, 0.6) is 0 Å². The third kappa shape index (κ3) is 3.35. The van der Waals surface area contributed by atoms with Crippen LogP contribution in [0.3, 0.4) is 0 Å². The lowest BCUT2D eigenvalue weighted by Crippen LogP contribution is -2.01. The second kappa shape index (κ2) is 7.35. The van der Waals surface area contributed by atoms with Gasteiger partial charge in [-0.15, -0.1) is 10.2 Å². The normalized spacial score (nSPS) is 10.8. The summed E-state index contributed by atoms with van der Waals surface area (Å²) in [6, 6.07) is 11.1. The molecule has 0 spiro atoms. The molecule has 0 bridgehead atoms. The first-order chi connectivity index (χ1) is 11.7. The first-order valence-corrected chi connectivity index (χ1v) is 8.48. The van der Waals surface area contributed by atoms with E-state index < -0.39 is 0 Å². The number of aromatic nitrogens is 3. The van der Waals surface area contributed by atoms with Crippen LogP contribution in [-0.4, -0.2) is 27.8 Å². The van der Waals surface area contributed by atoms with Crippen LogP contribution in [0.4, 0.5) is 0 Å². The molecule has 0 unspecified atom stereocenters. The molecule has 1 aromatic carbocycles. The van der Waals surface area contributed by atoms with Gasteiger partial charge in [-0.25, -0.2) is 4.79 Å². The zero-order valence-corrected chi connectivity index (χ0v) is 14.2. The van der Waals surface area contributed by atoms with Gasteiger partial charge in [0.25, 0.3) is 0 Å². The summed E-state index contributed by atoms with van der Waals surface area (Å²) in [5.41, 5.74) is 1.64. The Morgan fingerprint density at radius 3 is 2.67 bits per heavy atom. The predicted octanol–water partition coefficient (Wildman–Crippen LogP) is 3.64. The standard InChI is InChI=1S/C17H17N3O3S/c1-3-20-15(14-5-4-10-23-14)18-19-17(20)24-11-12-6-8-13(9-7-12)16(21)22-2/h4-10H,3,11H2,1-2H3. The minimum atomic E-state index is -0.331. The summed E-state index contributed by atoms with van der Waals surface area (Å²) in [5, 5.41) is 9.32. The minimum Gasteiger partial charge on any atom is -0.465 e. The maximum atomic E-state index is 11.4. The molecular formula is C17H17N3O3S. The predicted molar refractivity (Wildman–Crippen MR) is 90.7 cm³/mol. The Kier molecular flexibility index (Phi) is 5.00. The van der Waals surface area contributed by atoms with E-state index in [2.05, 4.69) is 10.2 Å². The van der Waals surface area contributed by atoms with Crippen LogP contribution in [0.2, 0.25) is 0 Å². The highest BCUT2D eigenvalue weighted by atomic mass is 32.2. The number of hydrogen-bond donors (Lipinski definition) is 0. The van der Waals surface area contributed by atoms with E-state index in [1.54, 1.807) is 30.2 Å². The molecule has 0 fully saturated rings. The van der Waals surface area contributed by atoms with Crippen molar-refractivity contribution >= 4 is 17.7 Å². The molecule has 6 nitrogen and oxygen atoms in total. The van der Waals surface area contributed by atoms with E-state index in [4.69, 9.17) is 9.15 Å². The van der Waals surface area contributed by atoms with Gasteiger partial charge in [-0.3, -0.25) is 4.57 Å². The van der Waals surface area contributed by atoms with Gasteiger partial charge in [0, 0.05) is 12.3 Å². The van der Waals surface area contributed by atoms with Crippen LogP contribution in [0.15, 0.2) is 52.2 Å². The van der Waals surface area contributed by atoms with Crippen LogP contribution in [0.1, 0.15) is 22.8 Å². The SMILES string of the molecule is CCn1c(SCc2ccc(C(=O)OC)cc2)nnc1-c1ccco1. The fourth-order valence-corrected chi connectivity index (χ4v) is 3.23. The van der Waals surface area contributed by atoms with E-state index in [0.717, 1.165) is 28.8 Å². The summed E-state index contributed by atoms with van der Waals surface area (Å²) in [5.74, 6) is 1.84. The third-order valence-electron chi connectivity index (χ3n) is 3.52. The number of rotatable bonds is 6. The minimum absolute atomic E-state index is 0.331. The van der Waals surface area contributed by atoms with Crippen molar-refractivity contribution in [1.29, 1.82) is 0 Å². The lowest BCUT2D eigenvalue weighted by atomic mass is 10.1. The second-order valence-electron chi connectivity index (χ2n) is 5.00. The van der Waals surface area contributed by atoms with Crippen molar-refractivity contribution in [3.8, 4) is 11.6 Å². The fraction of sp³-hybridized carbons (Fsp3) is 0.235. The molecule has 0 saturated carbocycles. The lowest BCUT2D eigenvalue weighted by molar-refractivity contribution is 0.0600. The number of methoxy groups -OCH3 is 1. The van der Waals surface area contributed by atoms with E-state index >= 15 is 0 Å². The van der Waals surface area contributed by atoms with Gasteiger partial charge < -0.3 is 9.15 Å². The molecule has 0 saturated heterocycles. The molecule has 7 heteroatoms. The maximum absolute atomic E-state index is 11.4. The van der Waals surface area contributed by atoms with Gasteiger partial charge in [-0.2, -0.15) is 0 Å². The van der Waals surface area contributed by atoms with Gasteiger partial charge in [-0.05, 0) is 36.8 Å². The number of nitrogens with zero attached hydrogens (tertiary/aromatic N) is 3. The quantitative estimate of drug-likeness (QED) is 0.503. The third-order valence-corrected chi connectivity index (χ3v) is 4.56. The van der Waals surface area contributed by atoms with Crippen LogP contribution >= 0.6 is 11.8 Å². The van der Waals surface area contributed by atoms with E-state index in [9.17, 15) is 4.79 Å². The summed E-state index contributed by atoms with van der Waals surface area (Å²) in [7, 11) is 1.38. The smallest absolute Gasteiger partial charge is 0.337 e. The van der Waals surface area contributed by atoms with Gasteiger partial charge >= 0.3 is 5.97 Å².